The van der Waals surface area contributed by atoms with Gasteiger partial charge in [0.15, 0.2) is 0 Å². The molecule has 0 bridgehead atoms. The molecule has 0 fully saturated rings. The van der Waals surface area contributed by atoms with Crippen molar-refractivity contribution in [2.75, 3.05) is 0 Å². The Morgan fingerprint density at radius 3 is 2.24 bits per heavy atom. The Hall–Kier alpha value is -1.40. The van der Waals surface area contributed by atoms with Gasteiger partial charge in [-0.15, -0.1) is 0 Å². The molecule has 0 saturated heterocycles. The second kappa shape index (κ2) is 6.58. The number of alkyl halides is 3. The van der Waals surface area contributed by atoms with E-state index in [9.17, 15) is 17.6 Å². The van der Waals surface area contributed by atoms with Crippen molar-refractivity contribution in [3.63, 3.8) is 0 Å². The molecule has 2 aromatic rings. The third-order valence-corrected chi connectivity index (χ3v) is 3.43. The first kappa shape index (κ1) is 16.0. The molecule has 0 aromatic heterocycles. The second-order valence-electron chi connectivity index (χ2n) is 4.53. The van der Waals surface area contributed by atoms with Crippen molar-refractivity contribution in [3.05, 3.63) is 69.4 Å². The van der Waals surface area contributed by atoms with Crippen molar-refractivity contribution in [3.8, 4) is 0 Å². The van der Waals surface area contributed by atoms with Crippen LogP contribution in [-0.2, 0) is 19.3 Å². The number of hydrogen-bond acceptors (Lipinski definition) is 1. The molecule has 1 nitrogen and oxygen atoms in total. The highest BCUT2D eigenvalue weighted by atomic mass is 79.9. The second-order valence-corrected chi connectivity index (χ2v) is 5.45. The van der Waals surface area contributed by atoms with E-state index in [0.29, 0.717) is 24.2 Å². The normalized spacial score (nSPS) is 11.7. The number of benzene rings is 2. The van der Waals surface area contributed by atoms with E-state index >= 15 is 0 Å². The smallest absolute Gasteiger partial charge is 0.309 e. The molecule has 0 saturated carbocycles. The van der Waals surface area contributed by atoms with Gasteiger partial charge in [-0.25, -0.2) is 4.39 Å². The van der Waals surface area contributed by atoms with Crippen molar-refractivity contribution >= 4 is 15.9 Å². The van der Waals surface area contributed by atoms with Crippen LogP contribution in [0.3, 0.4) is 0 Å². The quantitative estimate of drug-likeness (QED) is 0.764. The fourth-order valence-corrected chi connectivity index (χ4v) is 2.24. The van der Waals surface area contributed by atoms with E-state index in [0.717, 1.165) is 16.6 Å². The largest absolute Gasteiger partial charge is 0.416 e. The number of nitrogens with one attached hydrogen (secondary N) is 1. The zero-order valence-corrected chi connectivity index (χ0v) is 12.4. The molecule has 0 aliphatic rings. The maximum atomic E-state index is 13.5. The summed E-state index contributed by atoms with van der Waals surface area (Å²) in [5.74, 6) is -0.321. The van der Waals surface area contributed by atoms with Gasteiger partial charge in [-0.05, 0) is 35.9 Å². The molecule has 0 radical (unpaired) electrons. The summed E-state index contributed by atoms with van der Waals surface area (Å²) in [6, 6.07) is 9.52. The van der Waals surface area contributed by atoms with Gasteiger partial charge < -0.3 is 5.32 Å². The summed E-state index contributed by atoms with van der Waals surface area (Å²) in [5, 5.41) is 3.00. The molecule has 0 heterocycles. The predicted molar refractivity (Wildman–Crippen MR) is 76.1 cm³/mol. The maximum Gasteiger partial charge on any atom is 0.416 e. The van der Waals surface area contributed by atoms with Crippen LogP contribution in [0.5, 0.6) is 0 Å². The lowest BCUT2D eigenvalue weighted by Gasteiger charge is -2.09. The first-order valence-corrected chi connectivity index (χ1v) is 6.96. The Bertz CT molecular complexity index is 608. The van der Waals surface area contributed by atoms with Crippen LogP contribution in [0.4, 0.5) is 17.6 Å². The van der Waals surface area contributed by atoms with Crippen LogP contribution in [0, 0.1) is 5.82 Å². The van der Waals surface area contributed by atoms with E-state index in [4.69, 9.17) is 0 Å². The summed E-state index contributed by atoms with van der Waals surface area (Å²) in [6.07, 6.45) is -4.33. The van der Waals surface area contributed by atoms with Crippen molar-refractivity contribution in [2.24, 2.45) is 0 Å². The fraction of sp³-hybridized carbons (Fsp3) is 0.200. The summed E-state index contributed by atoms with van der Waals surface area (Å²) in [6.45, 7) is 0.663. The highest BCUT2D eigenvalue weighted by molar-refractivity contribution is 9.10. The standard InChI is InChI=1S/C15H12BrF4N/c16-13-5-6-14(17)11(7-13)9-21-8-10-1-3-12(4-2-10)15(18,19)20/h1-7,21H,8-9H2. The zero-order valence-electron chi connectivity index (χ0n) is 10.8. The van der Waals surface area contributed by atoms with Crippen LogP contribution in [0.1, 0.15) is 16.7 Å². The molecule has 0 unspecified atom stereocenters. The summed E-state index contributed by atoms with van der Waals surface area (Å²) in [4.78, 5) is 0. The van der Waals surface area contributed by atoms with Gasteiger partial charge in [0, 0.05) is 23.1 Å². The van der Waals surface area contributed by atoms with Crippen molar-refractivity contribution in [1.29, 1.82) is 0 Å². The van der Waals surface area contributed by atoms with Gasteiger partial charge in [-0.2, -0.15) is 13.2 Å². The van der Waals surface area contributed by atoms with Crippen LogP contribution in [-0.4, -0.2) is 0 Å². The molecule has 0 amide bonds. The summed E-state index contributed by atoms with van der Waals surface area (Å²) in [7, 11) is 0. The molecule has 0 atom stereocenters. The Labute approximate surface area is 128 Å². The Balaban J connectivity index is 1.93. The fourth-order valence-electron chi connectivity index (χ4n) is 1.83. The Morgan fingerprint density at radius 1 is 0.952 bits per heavy atom. The molecule has 6 heteroatoms. The first-order chi connectivity index (χ1) is 9.86. The predicted octanol–water partition coefficient (Wildman–Crippen LogP) is 4.90. The van der Waals surface area contributed by atoms with Crippen molar-refractivity contribution in [1.82, 2.24) is 5.32 Å². The highest BCUT2D eigenvalue weighted by Crippen LogP contribution is 2.29. The van der Waals surface area contributed by atoms with Crippen LogP contribution >= 0.6 is 15.9 Å². The van der Waals surface area contributed by atoms with Gasteiger partial charge in [0.2, 0.25) is 0 Å². The average molecular weight is 362 g/mol. The van der Waals surface area contributed by atoms with E-state index in [1.807, 2.05) is 0 Å². The Morgan fingerprint density at radius 2 is 1.62 bits per heavy atom. The Kier molecular flexibility index (Phi) is 5.00. The van der Waals surface area contributed by atoms with Gasteiger partial charge in [0.1, 0.15) is 5.82 Å². The van der Waals surface area contributed by atoms with E-state index in [1.165, 1.54) is 18.2 Å². The number of rotatable bonds is 4. The average Bonchev–Trinajstić information content (AvgIpc) is 2.42. The molecule has 21 heavy (non-hydrogen) atoms. The highest BCUT2D eigenvalue weighted by Gasteiger charge is 2.29. The van der Waals surface area contributed by atoms with Gasteiger partial charge in [-0.3, -0.25) is 0 Å². The SMILES string of the molecule is Fc1ccc(Br)cc1CNCc1ccc(C(F)(F)F)cc1. The molecular weight excluding hydrogens is 350 g/mol. The molecule has 0 aliphatic heterocycles. The maximum absolute atomic E-state index is 13.5. The molecule has 112 valence electrons. The molecular formula is C15H12BrF4N. The van der Waals surface area contributed by atoms with E-state index in [2.05, 4.69) is 21.2 Å². The minimum atomic E-state index is -4.33. The number of halogens is 5. The van der Waals surface area contributed by atoms with Crippen molar-refractivity contribution < 1.29 is 17.6 Å². The molecule has 2 rings (SSSR count). The minimum absolute atomic E-state index is 0.298. The van der Waals surface area contributed by atoms with E-state index in [-0.39, 0.29) is 5.82 Å². The molecule has 2 aromatic carbocycles. The van der Waals surface area contributed by atoms with Crippen LogP contribution in [0.25, 0.3) is 0 Å². The minimum Gasteiger partial charge on any atom is -0.309 e. The lowest BCUT2D eigenvalue weighted by Crippen LogP contribution is -2.14. The molecule has 0 aliphatic carbocycles. The summed E-state index contributed by atoms with van der Waals surface area (Å²) >= 11 is 3.26. The third-order valence-electron chi connectivity index (χ3n) is 2.93. The van der Waals surface area contributed by atoms with Gasteiger partial charge >= 0.3 is 6.18 Å². The third kappa shape index (κ3) is 4.54. The van der Waals surface area contributed by atoms with Crippen LogP contribution in [0.15, 0.2) is 46.9 Å². The van der Waals surface area contributed by atoms with Gasteiger partial charge in [-0.1, -0.05) is 28.1 Å². The first-order valence-electron chi connectivity index (χ1n) is 6.17. The van der Waals surface area contributed by atoms with E-state index in [1.54, 1.807) is 12.1 Å². The summed E-state index contributed by atoms with van der Waals surface area (Å²) in [5.41, 5.74) is 0.527. The lowest BCUT2D eigenvalue weighted by atomic mass is 10.1. The topological polar surface area (TPSA) is 12.0 Å². The van der Waals surface area contributed by atoms with Crippen LogP contribution in [0.2, 0.25) is 0 Å². The van der Waals surface area contributed by atoms with Crippen LogP contribution < -0.4 is 5.32 Å². The summed E-state index contributed by atoms with van der Waals surface area (Å²) < 4.78 is 51.5. The molecule has 0 spiro atoms. The monoisotopic (exact) mass is 361 g/mol. The van der Waals surface area contributed by atoms with Crippen molar-refractivity contribution in [2.45, 2.75) is 19.3 Å². The van der Waals surface area contributed by atoms with E-state index < -0.39 is 11.7 Å². The van der Waals surface area contributed by atoms with Gasteiger partial charge in [0.25, 0.3) is 0 Å². The molecule has 1 N–H and O–H groups in total. The zero-order chi connectivity index (χ0) is 15.5. The number of hydrogen-bond donors (Lipinski definition) is 1. The lowest BCUT2D eigenvalue weighted by molar-refractivity contribution is -0.137. The van der Waals surface area contributed by atoms with Gasteiger partial charge in [0.05, 0.1) is 5.56 Å².